The molecule has 0 saturated heterocycles. The van der Waals surface area contributed by atoms with Crippen molar-refractivity contribution >= 4 is 0 Å². The van der Waals surface area contributed by atoms with Crippen LogP contribution in [0.2, 0.25) is 0 Å². The Morgan fingerprint density at radius 3 is 2.74 bits per heavy atom. The van der Waals surface area contributed by atoms with Crippen LogP contribution in [0.1, 0.15) is 22.8 Å². The monoisotopic (exact) mass is 273 g/mol. The Bertz CT molecular complexity index is 557. The number of aryl methyl sites for hydroxylation is 1. The summed E-state index contributed by atoms with van der Waals surface area (Å²) in [6.45, 7) is 2.66. The van der Waals surface area contributed by atoms with Crippen LogP contribution in [-0.2, 0) is 19.3 Å². The number of halogens is 3. The molecule has 1 N–H and O–H groups in total. The summed E-state index contributed by atoms with van der Waals surface area (Å²) in [6, 6.07) is 2.77. The van der Waals surface area contributed by atoms with Crippen molar-refractivity contribution in [2.75, 3.05) is 7.05 Å². The second kappa shape index (κ2) is 5.08. The zero-order valence-electron chi connectivity index (χ0n) is 10.6. The number of rotatable bonds is 4. The molecule has 0 fully saturated rings. The van der Waals surface area contributed by atoms with Crippen molar-refractivity contribution in [2.45, 2.75) is 26.2 Å². The summed E-state index contributed by atoms with van der Waals surface area (Å²) < 4.78 is 43.9. The van der Waals surface area contributed by atoms with Gasteiger partial charge >= 0.3 is 6.18 Å². The smallest absolute Gasteiger partial charge is 0.435 e. The number of hydrogen-bond acceptors (Lipinski definition) is 3. The van der Waals surface area contributed by atoms with Gasteiger partial charge in [0.2, 0.25) is 0 Å². The van der Waals surface area contributed by atoms with Crippen molar-refractivity contribution < 1.29 is 17.6 Å². The van der Waals surface area contributed by atoms with Gasteiger partial charge in [-0.1, -0.05) is 0 Å². The molecule has 0 aromatic carbocycles. The van der Waals surface area contributed by atoms with Gasteiger partial charge in [-0.25, -0.2) is 0 Å². The van der Waals surface area contributed by atoms with Gasteiger partial charge in [-0.2, -0.15) is 18.3 Å². The van der Waals surface area contributed by atoms with E-state index in [-0.39, 0.29) is 6.54 Å². The van der Waals surface area contributed by atoms with Gasteiger partial charge in [0.05, 0.1) is 6.54 Å². The van der Waals surface area contributed by atoms with E-state index in [1.54, 1.807) is 0 Å². The molecule has 2 aromatic heterocycles. The molecule has 0 atom stereocenters. The highest BCUT2D eigenvalue weighted by Gasteiger charge is 2.33. The third-order valence-corrected chi connectivity index (χ3v) is 2.69. The third-order valence-electron chi connectivity index (χ3n) is 2.69. The third kappa shape index (κ3) is 3.17. The van der Waals surface area contributed by atoms with E-state index < -0.39 is 11.9 Å². The zero-order valence-corrected chi connectivity index (χ0v) is 10.6. The summed E-state index contributed by atoms with van der Waals surface area (Å²) in [5, 5.41) is 6.47. The summed E-state index contributed by atoms with van der Waals surface area (Å²) in [6.07, 6.45) is -3.12. The molecule has 0 aliphatic heterocycles. The molecule has 4 nitrogen and oxygen atoms in total. The van der Waals surface area contributed by atoms with E-state index in [4.69, 9.17) is 4.42 Å². The normalized spacial score (nSPS) is 12.1. The Morgan fingerprint density at radius 1 is 1.42 bits per heavy atom. The maximum Gasteiger partial charge on any atom is 0.435 e. The molecule has 7 heteroatoms. The second-order valence-corrected chi connectivity index (χ2v) is 4.22. The highest BCUT2D eigenvalue weighted by Crippen LogP contribution is 2.27. The van der Waals surface area contributed by atoms with E-state index in [1.165, 1.54) is 10.9 Å². The Labute approximate surface area is 108 Å². The van der Waals surface area contributed by atoms with Crippen molar-refractivity contribution in [3.63, 3.8) is 0 Å². The molecule has 0 bridgehead atoms. The van der Waals surface area contributed by atoms with E-state index in [9.17, 15) is 13.2 Å². The standard InChI is InChI=1S/C12H14F3N3O/c1-8-9(6-16-2)5-10(19-8)7-18-4-3-11(17-18)12(13,14)15/h3-5,16H,6-7H2,1-2H3. The SMILES string of the molecule is CNCc1cc(Cn2ccc(C(F)(F)F)n2)oc1C. The molecular weight excluding hydrogens is 259 g/mol. The fourth-order valence-corrected chi connectivity index (χ4v) is 1.79. The lowest BCUT2D eigenvalue weighted by Gasteiger charge is -2.01. The predicted molar refractivity (Wildman–Crippen MR) is 62.5 cm³/mol. The zero-order chi connectivity index (χ0) is 14.0. The topological polar surface area (TPSA) is 43.0 Å². The van der Waals surface area contributed by atoms with Gasteiger partial charge in [0.15, 0.2) is 5.69 Å². The van der Waals surface area contributed by atoms with Crippen molar-refractivity contribution in [2.24, 2.45) is 0 Å². The lowest BCUT2D eigenvalue weighted by Crippen LogP contribution is -2.08. The van der Waals surface area contributed by atoms with Crippen LogP contribution in [0.4, 0.5) is 13.2 Å². The first-order valence-corrected chi connectivity index (χ1v) is 5.73. The van der Waals surface area contributed by atoms with Crippen LogP contribution < -0.4 is 5.32 Å². The van der Waals surface area contributed by atoms with Crippen LogP contribution in [0.15, 0.2) is 22.7 Å². The molecule has 2 aromatic rings. The average Bonchev–Trinajstić information content (AvgIpc) is 2.87. The summed E-state index contributed by atoms with van der Waals surface area (Å²) in [4.78, 5) is 0. The molecule has 0 aliphatic carbocycles. The molecule has 0 aliphatic rings. The van der Waals surface area contributed by atoms with Gasteiger partial charge in [-0.05, 0) is 26.1 Å². The van der Waals surface area contributed by atoms with Crippen LogP contribution in [0.5, 0.6) is 0 Å². The molecule has 0 saturated carbocycles. The molecular formula is C12H14F3N3O. The molecule has 0 spiro atoms. The van der Waals surface area contributed by atoms with E-state index in [0.717, 1.165) is 17.4 Å². The maximum absolute atomic E-state index is 12.4. The Balaban J connectivity index is 2.13. The lowest BCUT2D eigenvalue weighted by atomic mass is 10.2. The van der Waals surface area contributed by atoms with Gasteiger partial charge < -0.3 is 9.73 Å². The second-order valence-electron chi connectivity index (χ2n) is 4.22. The molecule has 2 rings (SSSR count). The van der Waals surface area contributed by atoms with Crippen LogP contribution in [-0.4, -0.2) is 16.8 Å². The molecule has 104 valence electrons. The Kier molecular flexibility index (Phi) is 3.66. The average molecular weight is 273 g/mol. The van der Waals surface area contributed by atoms with Gasteiger partial charge in [-0.3, -0.25) is 4.68 Å². The minimum absolute atomic E-state index is 0.181. The molecule has 0 amide bonds. The van der Waals surface area contributed by atoms with E-state index in [1.807, 2.05) is 20.0 Å². The first-order chi connectivity index (χ1) is 8.90. The van der Waals surface area contributed by atoms with Gasteiger partial charge in [0.1, 0.15) is 11.5 Å². The van der Waals surface area contributed by atoms with Gasteiger partial charge in [0, 0.05) is 18.3 Å². The Morgan fingerprint density at radius 2 is 2.16 bits per heavy atom. The lowest BCUT2D eigenvalue weighted by molar-refractivity contribution is -0.141. The fraction of sp³-hybridized carbons (Fsp3) is 0.417. The summed E-state index contributed by atoms with van der Waals surface area (Å²) >= 11 is 0. The number of aromatic nitrogens is 2. The van der Waals surface area contributed by atoms with Crippen LogP contribution in [0.25, 0.3) is 0 Å². The fourth-order valence-electron chi connectivity index (χ4n) is 1.79. The first kappa shape index (κ1) is 13.7. The van der Waals surface area contributed by atoms with Crippen molar-refractivity contribution in [1.82, 2.24) is 15.1 Å². The number of nitrogens with one attached hydrogen (secondary N) is 1. The van der Waals surface area contributed by atoms with Gasteiger partial charge in [-0.15, -0.1) is 0 Å². The summed E-state index contributed by atoms with van der Waals surface area (Å²) in [5.41, 5.74) is 0.0897. The molecule has 0 unspecified atom stereocenters. The maximum atomic E-state index is 12.4. The number of hydrogen-bond donors (Lipinski definition) is 1. The Hall–Kier alpha value is -1.76. The molecule has 19 heavy (non-hydrogen) atoms. The highest BCUT2D eigenvalue weighted by atomic mass is 19.4. The van der Waals surface area contributed by atoms with E-state index in [0.29, 0.717) is 12.3 Å². The van der Waals surface area contributed by atoms with E-state index in [2.05, 4.69) is 10.4 Å². The predicted octanol–water partition coefficient (Wildman–Crippen LogP) is 2.57. The van der Waals surface area contributed by atoms with Crippen LogP contribution in [0.3, 0.4) is 0 Å². The number of nitrogens with zero attached hydrogens (tertiary/aromatic N) is 2. The van der Waals surface area contributed by atoms with E-state index >= 15 is 0 Å². The quantitative estimate of drug-likeness (QED) is 0.931. The minimum Gasteiger partial charge on any atom is -0.464 e. The summed E-state index contributed by atoms with van der Waals surface area (Å²) in [7, 11) is 1.81. The molecule has 2 heterocycles. The van der Waals surface area contributed by atoms with Crippen molar-refractivity contribution in [3.8, 4) is 0 Å². The summed E-state index contributed by atoms with van der Waals surface area (Å²) in [5.74, 6) is 1.34. The highest BCUT2D eigenvalue weighted by molar-refractivity contribution is 5.21. The largest absolute Gasteiger partial charge is 0.464 e. The first-order valence-electron chi connectivity index (χ1n) is 5.73. The number of alkyl halides is 3. The van der Waals surface area contributed by atoms with Crippen LogP contribution >= 0.6 is 0 Å². The molecule has 0 radical (unpaired) electrons. The van der Waals surface area contributed by atoms with Crippen molar-refractivity contribution in [3.05, 3.63) is 41.1 Å². The van der Waals surface area contributed by atoms with Crippen LogP contribution in [0, 0.1) is 6.92 Å². The van der Waals surface area contributed by atoms with Gasteiger partial charge in [0.25, 0.3) is 0 Å². The minimum atomic E-state index is -4.42. The number of furan rings is 1. The van der Waals surface area contributed by atoms with Crippen molar-refractivity contribution in [1.29, 1.82) is 0 Å².